The molecule has 2 aromatic carbocycles. The molecule has 0 fully saturated rings. The van der Waals surface area contributed by atoms with Crippen LogP contribution in [0.1, 0.15) is 12.5 Å². The lowest BCUT2D eigenvalue weighted by atomic mass is 10.2. The van der Waals surface area contributed by atoms with E-state index in [0.717, 1.165) is 5.56 Å². The van der Waals surface area contributed by atoms with Gasteiger partial charge in [0, 0.05) is 6.07 Å². The average molecular weight is 315 g/mol. The van der Waals surface area contributed by atoms with Gasteiger partial charge in [-0.25, -0.2) is 0 Å². The summed E-state index contributed by atoms with van der Waals surface area (Å²) in [6.07, 6.45) is -0.645. The van der Waals surface area contributed by atoms with Crippen LogP contribution in [0.25, 0.3) is 0 Å². The Kier molecular flexibility index (Phi) is 5.46. The van der Waals surface area contributed by atoms with Crippen LogP contribution in [-0.2, 0) is 4.79 Å². The fraction of sp³-hybridized carbons (Fsp3) is 0.278. The van der Waals surface area contributed by atoms with E-state index in [9.17, 15) is 4.79 Å². The van der Waals surface area contributed by atoms with Gasteiger partial charge in [0.2, 0.25) is 0 Å². The third-order valence-corrected chi connectivity index (χ3v) is 3.37. The van der Waals surface area contributed by atoms with Crippen LogP contribution in [0.15, 0.2) is 42.5 Å². The van der Waals surface area contributed by atoms with Crippen molar-refractivity contribution in [1.82, 2.24) is 0 Å². The van der Waals surface area contributed by atoms with E-state index >= 15 is 0 Å². The van der Waals surface area contributed by atoms with Crippen LogP contribution in [0.5, 0.6) is 17.2 Å². The summed E-state index contributed by atoms with van der Waals surface area (Å²) in [6.45, 7) is 3.69. The predicted molar refractivity (Wildman–Crippen MR) is 89.4 cm³/mol. The van der Waals surface area contributed by atoms with Gasteiger partial charge < -0.3 is 19.5 Å². The summed E-state index contributed by atoms with van der Waals surface area (Å²) < 4.78 is 16.1. The lowest BCUT2D eigenvalue weighted by Crippen LogP contribution is -2.30. The molecule has 0 heterocycles. The Hall–Kier alpha value is -2.69. The molecule has 23 heavy (non-hydrogen) atoms. The normalized spacial score (nSPS) is 11.5. The Morgan fingerprint density at radius 1 is 1.00 bits per heavy atom. The minimum Gasteiger partial charge on any atom is -0.497 e. The van der Waals surface area contributed by atoms with Crippen molar-refractivity contribution in [3.05, 3.63) is 48.0 Å². The van der Waals surface area contributed by atoms with Crippen LogP contribution < -0.4 is 19.5 Å². The van der Waals surface area contributed by atoms with E-state index in [1.54, 1.807) is 39.3 Å². The summed E-state index contributed by atoms with van der Waals surface area (Å²) in [5.41, 5.74) is 1.67. The zero-order valence-electron chi connectivity index (χ0n) is 13.8. The van der Waals surface area contributed by atoms with Crippen LogP contribution in [0.4, 0.5) is 5.69 Å². The van der Waals surface area contributed by atoms with Gasteiger partial charge in [0.25, 0.3) is 5.91 Å². The number of anilines is 1. The van der Waals surface area contributed by atoms with Crippen LogP contribution in [0, 0.1) is 6.92 Å². The van der Waals surface area contributed by atoms with Crippen molar-refractivity contribution in [1.29, 1.82) is 0 Å². The standard InChI is InChI=1S/C18H21NO4/c1-12-5-7-14(8-6-12)23-13(2)18(20)19-16-11-15(21-3)9-10-17(16)22-4/h5-11,13H,1-4H3,(H,19,20). The number of amides is 1. The molecule has 122 valence electrons. The van der Waals surface area contributed by atoms with Crippen LogP contribution in [0.2, 0.25) is 0 Å². The highest BCUT2D eigenvalue weighted by Gasteiger charge is 2.17. The van der Waals surface area contributed by atoms with E-state index in [-0.39, 0.29) is 5.91 Å². The number of methoxy groups -OCH3 is 2. The Labute approximate surface area is 136 Å². The minimum atomic E-state index is -0.645. The van der Waals surface area contributed by atoms with E-state index in [2.05, 4.69) is 5.32 Å². The molecule has 0 bridgehead atoms. The first-order chi connectivity index (χ1) is 11.0. The second kappa shape index (κ2) is 7.54. The molecular weight excluding hydrogens is 294 g/mol. The van der Waals surface area contributed by atoms with E-state index in [1.165, 1.54) is 0 Å². The number of ether oxygens (including phenoxy) is 3. The minimum absolute atomic E-state index is 0.267. The summed E-state index contributed by atoms with van der Waals surface area (Å²) in [4.78, 5) is 12.3. The van der Waals surface area contributed by atoms with Crippen molar-refractivity contribution in [2.24, 2.45) is 0 Å². The summed E-state index contributed by atoms with van der Waals surface area (Å²) in [7, 11) is 3.11. The zero-order chi connectivity index (χ0) is 16.8. The van der Waals surface area contributed by atoms with Crippen molar-refractivity contribution in [2.75, 3.05) is 19.5 Å². The van der Waals surface area contributed by atoms with Crippen LogP contribution >= 0.6 is 0 Å². The SMILES string of the molecule is COc1ccc(OC)c(NC(=O)C(C)Oc2ccc(C)cc2)c1. The van der Waals surface area contributed by atoms with Gasteiger partial charge >= 0.3 is 0 Å². The fourth-order valence-electron chi connectivity index (χ4n) is 2.02. The highest BCUT2D eigenvalue weighted by atomic mass is 16.5. The van der Waals surface area contributed by atoms with Crippen molar-refractivity contribution in [3.8, 4) is 17.2 Å². The maximum absolute atomic E-state index is 12.3. The summed E-state index contributed by atoms with van der Waals surface area (Å²) in [6, 6.07) is 12.8. The first kappa shape index (κ1) is 16.7. The highest BCUT2D eigenvalue weighted by Crippen LogP contribution is 2.29. The third-order valence-electron chi connectivity index (χ3n) is 3.37. The Bertz CT molecular complexity index is 667. The number of carbonyl (C=O) groups excluding carboxylic acids is 1. The smallest absolute Gasteiger partial charge is 0.265 e. The van der Waals surface area contributed by atoms with E-state index in [0.29, 0.717) is 22.9 Å². The second-order valence-corrected chi connectivity index (χ2v) is 5.13. The summed E-state index contributed by atoms with van der Waals surface area (Å²) in [5.74, 6) is 1.57. The molecule has 0 saturated heterocycles. The molecule has 0 saturated carbocycles. The fourth-order valence-corrected chi connectivity index (χ4v) is 2.02. The molecule has 5 heteroatoms. The van der Waals surface area contributed by atoms with Gasteiger partial charge in [-0.2, -0.15) is 0 Å². The summed E-state index contributed by atoms with van der Waals surface area (Å²) in [5, 5.41) is 2.80. The molecule has 2 aromatic rings. The first-order valence-corrected chi connectivity index (χ1v) is 7.29. The molecule has 0 aliphatic carbocycles. The monoisotopic (exact) mass is 315 g/mol. The lowest BCUT2D eigenvalue weighted by Gasteiger charge is -2.16. The quantitative estimate of drug-likeness (QED) is 0.887. The topological polar surface area (TPSA) is 56.8 Å². The van der Waals surface area contributed by atoms with Gasteiger partial charge in [0.1, 0.15) is 17.2 Å². The lowest BCUT2D eigenvalue weighted by molar-refractivity contribution is -0.122. The molecule has 0 aromatic heterocycles. The molecule has 0 radical (unpaired) electrons. The molecular formula is C18H21NO4. The number of rotatable bonds is 6. The average Bonchev–Trinajstić information content (AvgIpc) is 2.56. The second-order valence-electron chi connectivity index (χ2n) is 5.13. The number of aryl methyl sites for hydroxylation is 1. The third kappa shape index (κ3) is 4.39. The summed E-state index contributed by atoms with van der Waals surface area (Å²) >= 11 is 0. The molecule has 1 N–H and O–H groups in total. The number of hydrogen-bond donors (Lipinski definition) is 1. The number of carbonyl (C=O) groups is 1. The maximum Gasteiger partial charge on any atom is 0.265 e. The van der Waals surface area contributed by atoms with E-state index in [1.807, 2.05) is 31.2 Å². The number of nitrogens with one attached hydrogen (secondary N) is 1. The molecule has 1 unspecified atom stereocenters. The van der Waals surface area contributed by atoms with Crippen molar-refractivity contribution in [2.45, 2.75) is 20.0 Å². The van der Waals surface area contributed by atoms with Crippen LogP contribution in [0.3, 0.4) is 0 Å². The van der Waals surface area contributed by atoms with Gasteiger partial charge in [0.05, 0.1) is 19.9 Å². The first-order valence-electron chi connectivity index (χ1n) is 7.29. The Morgan fingerprint density at radius 2 is 1.65 bits per heavy atom. The Morgan fingerprint density at radius 3 is 2.26 bits per heavy atom. The van der Waals surface area contributed by atoms with Crippen LogP contribution in [-0.4, -0.2) is 26.2 Å². The molecule has 0 spiro atoms. The van der Waals surface area contributed by atoms with Crippen molar-refractivity contribution < 1.29 is 19.0 Å². The largest absolute Gasteiger partial charge is 0.497 e. The van der Waals surface area contributed by atoms with Gasteiger partial charge in [-0.15, -0.1) is 0 Å². The van der Waals surface area contributed by atoms with Gasteiger partial charge in [-0.1, -0.05) is 17.7 Å². The molecule has 0 aliphatic rings. The molecule has 0 aliphatic heterocycles. The van der Waals surface area contributed by atoms with Gasteiger partial charge in [-0.05, 0) is 38.1 Å². The zero-order valence-corrected chi connectivity index (χ0v) is 13.8. The maximum atomic E-state index is 12.3. The molecule has 2 rings (SSSR count). The van der Waals surface area contributed by atoms with Gasteiger partial charge in [-0.3, -0.25) is 4.79 Å². The Balaban J connectivity index is 2.07. The molecule has 5 nitrogen and oxygen atoms in total. The number of hydrogen-bond acceptors (Lipinski definition) is 4. The van der Waals surface area contributed by atoms with E-state index < -0.39 is 6.10 Å². The molecule has 1 amide bonds. The van der Waals surface area contributed by atoms with Crippen molar-refractivity contribution >= 4 is 11.6 Å². The predicted octanol–water partition coefficient (Wildman–Crippen LogP) is 3.42. The highest BCUT2D eigenvalue weighted by molar-refractivity contribution is 5.95. The molecule has 1 atom stereocenters. The van der Waals surface area contributed by atoms with Crippen molar-refractivity contribution in [3.63, 3.8) is 0 Å². The van der Waals surface area contributed by atoms with E-state index in [4.69, 9.17) is 14.2 Å². The van der Waals surface area contributed by atoms with Gasteiger partial charge in [0.15, 0.2) is 6.10 Å². The number of benzene rings is 2.